The lowest BCUT2D eigenvalue weighted by molar-refractivity contribution is 0.00812. The van der Waals surface area contributed by atoms with Gasteiger partial charge in [-0.25, -0.2) is 18.2 Å². The van der Waals surface area contributed by atoms with Crippen LogP contribution in [0.3, 0.4) is 0 Å². The van der Waals surface area contributed by atoms with Gasteiger partial charge in [0.2, 0.25) is 5.88 Å². The number of hydrogen-bond donors (Lipinski definition) is 2. The van der Waals surface area contributed by atoms with Crippen LogP contribution < -0.4 is 15.0 Å². The van der Waals surface area contributed by atoms with Crippen molar-refractivity contribution < 1.29 is 23.0 Å². The number of alkyl halides is 2. The normalized spacial score (nSPS) is 26.5. The van der Waals surface area contributed by atoms with Crippen LogP contribution in [0.1, 0.15) is 32.1 Å². The van der Waals surface area contributed by atoms with Crippen LogP contribution >= 0.6 is 11.6 Å². The van der Waals surface area contributed by atoms with Crippen LogP contribution in [-0.2, 0) is 0 Å². The number of benzene rings is 2. The highest BCUT2D eigenvalue weighted by atomic mass is 35.5. The lowest BCUT2D eigenvalue weighted by Crippen LogP contribution is -2.51. The van der Waals surface area contributed by atoms with Gasteiger partial charge in [0.1, 0.15) is 23.6 Å². The molecule has 7 nitrogen and oxygen atoms in total. The molecule has 4 aliphatic rings. The molecule has 3 atom stereocenters. The number of anilines is 1. The second kappa shape index (κ2) is 9.84. The Balaban J connectivity index is 1.25. The first kappa shape index (κ1) is 27.2. The maximum atomic E-state index is 16.7. The molecule has 3 unspecified atom stereocenters. The summed E-state index contributed by atoms with van der Waals surface area (Å²) < 4.78 is 51.8. The van der Waals surface area contributed by atoms with Gasteiger partial charge < -0.3 is 20.1 Å². The largest absolute Gasteiger partial charge is 0.508 e. The molecular weight excluding hydrogens is 579 g/mol. The first-order valence-corrected chi connectivity index (χ1v) is 15.2. The number of ether oxygens (including phenoxy) is 1. The lowest BCUT2D eigenvalue weighted by Gasteiger charge is -2.35. The zero-order chi connectivity index (χ0) is 29.5. The van der Waals surface area contributed by atoms with E-state index in [1.807, 2.05) is 4.90 Å². The summed E-state index contributed by atoms with van der Waals surface area (Å²) in [6.45, 7) is 1.90. The molecule has 0 aliphatic carbocycles. The average Bonchev–Trinajstić information content (AvgIpc) is 3.59. The molecule has 0 spiro atoms. The van der Waals surface area contributed by atoms with Crippen LogP contribution in [0.15, 0.2) is 42.6 Å². The summed E-state index contributed by atoms with van der Waals surface area (Å²) in [5, 5.41) is 16.3. The van der Waals surface area contributed by atoms with E-state index in [0.29, 0.717) is 51.8 Å². The number of aromatic hydroxyl groups is 1. The van der Waals surface area contributed by atoms with Crippen LogP contribution in [0.2, 0.25) is 5.02 Å². The van der Waals surface area contributed by atoms with E-state index in [1.54, 1.807) is 36.5 Å². The molecule has 0 amide bonds. The lowest BCUT2D eigenvalue weighted by atomic mass is 9.94. The Labute approximate surface area is 251 Å². The Bertz CT molecular complexity index is 1760. The molecule has 4 aromatic rings. The number of nitrogens with zero attached hydrogens (tertiary/aromatic N) is 4. The minimum atomic E-state index is -2.76. The van der Waals surface area contributed by atoms with Gasteiger partial charge in [-0.05, 0) is 55.8 Å². The number of phenols is 1. The Morgan fingerprint density at radius 1 is 1.14 bits per heavy atom. The zero-order valence-corrected chi connectivity index (χ0v) is 24.2. The fraction of sp³-hybridized carbons (Fsp3) is 0.438. The van der Waals surface area contributed by atoms with Crippen LogP contribution in [0.5, 0.6) is 11.6 Å². The van der Waals surface area contributed by atoms with Gasteiger partial charge in [0, 0.05) is 65.2 Å². The highest BCUT2D eigenvalue weighted by molar-refractivity contribution is 6.36. The first-order valence-electron chi connectivity index (χ1n) is 14.9. The fourth-order valence-corrected chi connectivity index (χ4v) is 8.15. The van der Waals surface area contributed by atoms with Crippen molar-refractivity contribution in [2.24, 2.45) is 0 Å². The van der Waals surface area contributed by atoms with Crippen molar-refractivity contribution in [3.63, 3.8) is 0 Å². The molecule has 2 bridgehead atoms. The van der Waals surface area contributed by atoms with Crippen molar-refractivity contribution in [1.82, 2.24) is 20.2 Å². The van der Waals surface area contributed by atoms with E-state index in [0.717, 1.165) is 38.0 Å². The third-order valence-corrected chi connectivity index (χ3v) is 10.0. The van der Waals surface area contributed by atoms with Crippen molar-refractivity contribution in [2.75, 3.05) is 37.7 Å². The second-order valence-electron chi connectivity index (χ2n) is 12.6. The van der Waals surface area contributed by atoms with Gasteiger partial charge in [0.05, 0.1) is 17.8 Å². The average molecular weight is 610 g/mol. The molecule has 6 heterocycles. The summed E-state index contributed by atoms with van der Waals surface area (Å²) in [7, 11) is 0. The molecule has 2 aromatic carbocycles. The Morgan fingerprint density at radius 3 is 2.77 bits per heavy atom. The minimum Gasteiger partial charge on any atom is -0.508 e. The van der Waals surface area contributed by atoms with Gasteiger partial charge in [-0.1, -0.05) is 23.7 Å². The number of halogens is 4. The molecule has 0 radical (unpaired) electrons. The zero-order valence-electron chi connectivity index (χ0n) is 23.4. The summed E-state index contributed by atoms with van der Waals surface area (Å²) in [5.74, 6) is -3.27. The molecule has 4 aliphatic heterocycles. The van der Waals surface area contributed by atoms with Crippen molar-refractivity contribution in [3.8, 4) is 22.9 Å². The molecule has 224 valence electrons. The van der Waals surface area contributed by atoms with Crippen molar-refractivity contribution in [1.29, 1.82) is 0 Å². The van der Waals surface area contributed by atoms with Gasteiger partial charge in [-0.3, -0.25) is 9.88 Å². The minimum absolute atomic E-state index is 0.00785. The number of piperazine rings is 1. The molecule has 11 heteroatoms. The number of pyridine rings is 2. The summed E-state index contributed by atoms with van der Waals surface area (Å²) in [6, 6.07) is 10.8. The Hall–Kier alpha value is -3.34. The predicted molar refractivity (Wildman–Crippen MR) is 160 cm³/mol. The van der Waals surface area contributed by atoms with E-state index in [2.05, 4.69) is 20.2 Å². The number of hydrogen-bond acceptors (Lipinski definition) is 7. The highest BCUT2D eigenvalue weighted by Gasteiger charge is 2.57. The summed E-state index contributed by atoms with van der Waals surface area (Å²) in [4.78, 5) is 13.2. The van der Waals surface area contributed by atoms with Crippen LogP contribution in [0.25, 0.3) is 32.9 Å². The molecule has 0 saturated carbocycles. The number of rotatable bonds is 5. The number of phenolic OH excluding ortho intramolecular Hbond substituents is 1. The third-order valence-electron chi connectivity index (χ3n) is 9.71. The van der Waals surface area contributed by atoms with Gasteiger partial charge >= 0.3 is 0 Å². The number of nitrogens with one attached hydrogen (secondary N) is 1. The maximum Gasteiger partial charge on any atom is 0.262 e. The maximum absolute atomic E-state index is 16.7. The van der Waals surface area contributed by atoms with Crippen LogP contribution in [0, 0.1) is 5.82 Å². The molecular formula is C32H31ClF3N5O2. The molecule has 4 saturated heterocycles. The van der Waals surface area contributed by atoms with Gasteiger partial charge in [0.25, 0.3) is 5.92 Å². The predicted octanol–water partition coefficient (Wildman–Crippen LogP) is 6.14. The van der Waals surface area contributed by atoms with Crippen molar-refractivity contribution in [3.05, 3.63) is 53.4 Å². The van der Waals surface area contributed by atoms with E-state index in [4.69, 9.17) is 16.3 Å². The van der Waals surface area contributed by atoms with Crippen LogP contribution in [-0.4, -0.2) is 76.3 Å². The van der Waals surface area contributed by atoms with E-state index < -0.39 is 17.3 Å². The second-order valence-corrected chi connectivity index (χ2v) is 13.0. The smallest absolute Gasteiger partial charge is 0.262 e. The fourth-order valence-electron chi connectivity index (χ4n) is 7.86. The van der Waals surface area contributed by atoms with Gasteiger partial charge in [-0.15, -0.1) is 0 Å². The molecule has 2 N–H and O–H groups in total. The van der Waals surface area contributed by atoms with Crippen molar-refractivity contribution >= 4 is 39.0 Å². The van der Waals surface area contributed by atoms with E-state index in [1.165, 1.54) is 6.07 Å². The molecule has 2 aromatic heterocycles. The Kier molecular flexibility index (Phi) is 6.23. The molecule has 8 rings (SSSR count). The summed E-state index contributed by atoms with van der Waals surface area (Å²) in [5.41, 5.74) is 0.433. The van der Waals surface area contributed by atoms with Crippen LogP contribution in [0.4, 0.5) is 18.9 Å². The summed E-state index contributed by atoms with van der Waals surface area (Å²) >= 11 is 6.55. The first-order chi connectivity index (χ1) is 20.7. The quantitative estimate of drug-likeness (QED) is 0.282. The monoisotopic (exact) mass is 609 g/mol. The van der Waals surface area contributed by atoms with Gasteiger partial charge in [0.15, 0.2) is 5.82 Å². The Morgan fingerprint density at radius 2 is 1.95 bits per heavy atom. The SMILES string of the molecule is Oc1cc(-c2ncc3c(N4CC5CCC(C4)N5)cc(OCC45CCCN4CC(F)(F)C5)nc3c2F)c2c(Cl)cccc2c1. The third kappa shape index (κ3) is 4.57. The van der Waals surface area contributed by atoms with Crippen molar-refractivity contribution in [2.45, 2.75) is 55.6 Å². The standard InChI is InChI=1S/C32H31ClF3N5O2/c33-24-4-1-3-18-9-21(42)10-22(27(18)24)29-28(34)30-23(12-37-29)25(40-13-19-5-6-20(14-40)38-19)11-26(39-30)43-17-31-7-2-8-41(31)16-32(35,36)15-31/h1,3-4,9-12,19-20,38,42H,2,5-8,13-17H2. The topological polar surface area (TPSA) is 73.8 Å². The van der Waals surface area contributed by atoms with E-state index >= 15 is 4.39 Å². The number of fused-ring (bicyclic) bond motifs is 5. The summed E-state index contributed by atoms with van der Waals surface area (Å²) in [6.07, 6.45) is 4.96. The number of aromatic nitrogens is 2. The van der Waals surface area contributed by atoms with E-state index in [9.17, 15) is 13.9 Å². The molecule has 4 fully saturated rings. The van der Waals surface area contributed by atoms with E-state index in [-0.39, 0.29) is 42.4 Å². The molecule has 43 heavy (non-hydrogen) atoms. The van der Waals surface area contributed by atoms with Gasteiger partial charge in [-0.2, -0.15) is 0 Å². The highest BCUT2D eigenvalue weighted by Crippen LogP contribution is 2.46.